The summed E-state index contributed by atoms with van der Waals surface area (Å²) in [5, 5.41) is 0. The van der Waals surface area contributed by atoms with Gasteiger partial charge >= 0.3 is 0 Å². The summed E-state index contributed by atoms with van der Waals surface area (Å²) in [7, 11) is 0. The summed E-state index contributed by atoms with van der Waals surface area (Å²) in [5.74, 6) is 0.440. The van der Waals surface area contributed by atoms with Crippen LogP contribution in [0.15, 0.2) is 91.4 Å². The first kappa shape index (κ1) is 17.9. The van der Waals surface area contributed by atoms with E-state index >= 15 is 0 Å². The summed E-state index contributed by atoms with van der Waals surface area (Å²) in [6.07, 6.45) is 6.91. The number of pyridine rings is 2. The highest BCUT2D eigenvalue weighted by molar-refractivity contribution is 5.59. The topological polar surface area (TPSA) is 35.0 Å². The molecule has 0 unspecified atom stereocenters. The van der Waals surface area contributed by atoms with Crippen LogP contribution in [0.2, 0.25) is 0 Å². The molecule has 0 spiro atoms. The van der Waals surface area contributed by atoms with Gasteiger partial charge in [0.1, 0.15) is 5.75 Å². The molecule has 138 valence electrons. The van der Waals surface area contributed by atoms with E-state index < -0.39 is 0 Å². The Balaban J connectivity index is 1.42. The van der Waals surface area contributed by atoms with Crippen molar-refractivity contribution in [3.8, 4) is 22.8 Å². The van der Waals surface area contributed by atoms with Gasteiger partial charge in [-0.1, -0.05) is 18.2 Å². The van der Waals surface area contributed by atoms with E-state index in [-0.39, 0.29) is 11.6 Å². The van der Waals surface area contributed by atoms with E-state index in [0.717, 1.165) is 35.2 Å². The molecule has 0 N–H and O–H groups in total. The maximum atomic E-state index is 14.5. The van der Waals surface area contributed by atoms with Crippen molar-refractivity contribution in [2.45, 2.75) is 12.8 Å². The zero-order valence-corrected chi connectivity index (χ0v) is 15.3. The van der Waals surface area contributed by atoms with Gasteiger partial charge in [0.15, 0.2) is 11.6 Å². The number of ether oxygens (including phenoxy) is 1. The van der Waals surface area contributed by atoms with E-state index in [4.69, 9.17) is 4.74 Å². The Morgan fingerprint density at radius 3 is 2.36 bits per heavy atom. The summed E-state index contributed by atoms with van der Waals surface area (Å²) in [6, 6.07) is 22.3. The van der Waals surface area contributed by atoms with Crippen LogP contribution in [0.5, 0.6) is 11.5 Å². The average Bonchev–Trinajstić information content (AvgIpc) is 2.76. The highest BCUT2D eigenvalue weighted by Crippen LogP contribution is 2.27. The maximum absolute atomic E-state index is 14.5. The van der Waals surface area contributed by atoms with Crippen LogP contribution in [-0.2, 0) is 12.8 Å². The van der Waals surface area contributed by atoms with E-state index in [0.29, 0.717) is 5.75 Å². The smallest absolute Gasteiger partial charge is 0.165 e. The molecule has 0 aliphatic rings. The minimum absolute atomic E-state index is 0.218. The molecule has 0 saturated heterocycles. The summed E-state index contributed by atoms with van der Waals surface area (Å²) >= 11 is 0. The second-order valence-corrected chi connectivity index (χ2v) is 6.47. The van der Waals surface area contributed by atoms with E-state index in [2.05, 4.69) is 9.97 Å². The van der Waals surface area contributed by atoms with Gasteiger partial charge in [-0.05, 0) is 78.6 Å². The molecule has 0 saturated carbocycles. The lowest BCUT2D eigenvalue weighted by atomic mass is 10.1. The van der Waals surface area contributed by atoms with Gasteiger partial charge in [0.25, 0.3) is 0 Å². The number of aromatic nitrogens is 2. The highest BCUT2D eigenvalue weighted by Gasteiger charge is 2.07. The molecule has 2 aromatic carbocycles. The summed E-state index contributed by atoms with van der Waals surface area (Å²) < 4.78 is 20.2. The van der Waals surface area contributed by atoms with Gasteiger partial charge in [-0.3, -0.25) is 9.97 Å². The first-order chi connectivity index (χ1) is 13.8. The molecule has 0 aliphatic carbocycles. The number of rotatable bonds is 6. The van der Waals surface area contributed by atoms with Crippen molar-refractivity contribution in [2.75, 3.05) is 0 Å². The molecule has 0 radical (unpaired) electrons. The summed E-state index contributed by atoms with van der Waals surface area (Å²) in [5.41, 5.74) is 3.94. The van der Waals surface area contributed by atoms with E-state index in [1.807, 2.05) is 66.9 Å². The number of nitrogens with zero attached hydrogens (tertiary/aromatic N) is 2. The number of hydrogen-bond acceptors (Lipinski definition) is 3. The Morgan fingerprint density at radius 2 is 1.64 bits per heavy atom. The van der Waals surface area contributed by atoms with Crippen LogP contribution in [0.1, 0.15) is 11.1 Å². The number of hydrogen-bond donors (Lipinski definition) is 0. The number of halogens is 1. The van der Waals surface area contributed by atoms with Crippen molar-refractivity contribution in [3.63, 3.8) is 0 Å². The van der Waals surface area contributed by atoms with Gasteiger partial charge in [0.05, 0.1) is 5.69 Å². The van der Waals surface area contributed by atoms with Crippen molar-refractivity contribution in [3.05, 3.63) is 108 Å². The molecule has 28 heavy (non-hydrogen) atoms. The average molecular weight is 370 g/mol. The van der Waals surface area contributed by atoms with Gasteiger partial charge in [-0.2, -0.15) is 0 Å². The predicted molar refractivity (Wildman–Crippen MR) is 108 cm³/mol. The monoisotopic (exact) mass is 370 g/mol. The lowest BCUT2D eigenvalue weighted by Gasteiger charge is -2.09. The second-order valence-electron chi connectivity index (χ2n) is 6.47. The van der Waals surface area contributed by atoms with Gasteiger partial charge in [-0.25, -0.2) is 4.39 Å². The Labute approximate surface area is 163 Å². The molecule has 0 amide bonds. The SMILES string of the molecule is Fc1cc(CCc2cccnc2)ccc1Oc1ccc(-c2ccccn2)cc1. The second kappa shape index (κ2) is 8.44. The highest BCUT2D eigenvalue weighted by atomic mass is 19.1. The summed E-state index contributed by atoms with van der Waals surface area (Å²) in [4.78, 5) is 8.42. The van der Waals surface area contributed by atoms with Gasteiger partial charge < -0.3 is 4.74 Å². The third-order valence-electron chi connectivity index (χ3n) is 4.46. The predicted octanol–water partition coefficient (Wildman–Crippen LogP) is 5.86. The quantitative estimate of drug-likeness (QED) is 0.426. The largest absolute Gasteiger partial charge is 0.454 e. The van der Waals surface area contributed by atoms with Crippen LogP contribution in [0.25, 0.3) is 11.3 Å². The van der Waals surface area contributed by atoms with Crippen LogP contribution >= 0.6 is 0 Å². The first-order valence-electron chi connectivity index (χ1n) is 9.14. The lowest BCUT2D eigenvalue weighted by Crippen LogP contribution is -1.95. The number of benzene rings is 2. The molecule has 0 bridgehead atoms. The third-order valence-corrected chi connectivity index (χ3v) is 4.46. The molecular formula is C24H19FN2O. The van der Waals surface area contributed by atoms with Crippen molar-refractivity contribution in [1.82, 2.24) is 9.97 Å². The first-order valence-corrected chi connectivity index (χ1v) is 9.14. The molecule has 4 aromatic rings. The Kier molecular flexibility index (Phi) is 5.38. The fourth-order valence-electron chi connectivity index (χ4n) is 2.97. The molecule has 4 rings (SSSR count). The minimum atomic E-state index is -0.363. The normalized spacial score (nSPS) is 10.6. The van der Waals surface area contributed by atoms with Crippen molar-refractivity contribution in [1.29, 1.82) is 0 Å². The van der Waals surface area contributed by atoms with Crippen LogP contribution < -0.4 is 4.74 Å². The molecule has 0 fully saturated rings. The van der Waals surface area contributed by atoms with Gasteiger partial charge in [0.2, 0.25) is 0 Å². The molecule has 3 nitrogen and oxygen atoms in total. The van der Waals surface area contributed by atoms with E-state index in [9.17, 15) is 4.39 Å². The molecule has 0 atom stereocenters. The van der Waals surface area contributed by atoms with E-state index in [1.165, 1.54) is 6.07 Å². The van der Waals surface area contributed by atoms with Crippen molar-refractivity contribution < 1.29 is 9.13 Å². The lowest BCUT2D eigenvalue weighted by molar-refractivity contribution is 0.441. The van der Waals surface area contributed by atoms with Crippen molar-refractivity contribution in [2.24, 2.45) is 0 Å². The number of aryl methyl sites for hydroxylation is 2. The van der Waals surface area contributed by atoms with Crippen LogP contribution in [0.4, 0.5) is 4.39 Å². The van der Waals surface area contributed by atoms with E-state index in [1.54, 1.807) is 18.5 Å². The van der Waals surface area contributed by atoms with Crippen LogP contribution in [0.3, 0.4) is 0 Å². The zero-order chi connectivity index (χ0) is 19.2. The third kappa shape index (κ3) is 4.41. The zero-order valence-electron chi connectivity index (χ0n) is 15.3. The van der Waals surface area contributed by atoms with Crippen LogP contribution in [-0.4, -0.2) is 9.97 Å². The molecular weight excluding hydrogens is 351 g/mol. The fourth-order valence-corrected chi connectivity index (χ4v) is 2.97. The molecule has 2 aromatic heterocycles. The molecule has 4 heteroatoms. The Morgan fingerprint density at radius 1 is 0.786 bits per heavy atom. The Bertz CT molecular complexity index is 1040. The standard InChI is InChI=1S/C24H19FN2O/c25-22-16-18(6-7-19-4-3-14-26-17-19)8-13-24(22)28-21-11-9-20(10-12-21)23-5-1-2-15-27-23/h1-5,8-17H,6-7H2. The maximum Gasteiger partial charge on any atom is 0.165 e. The molecule has 2 heterocycles. The van der Waals surface area contributed by atoms with Crippen LogP contribution in [0, 0.1) is 5.82 Å². The Hall–Kier alpha value is -3.53. The molecule has 0 aliphatic heterocycles. The minimum Gasteiger partial charge on any atom is -0.454 e. The summed E-state index contributed by atoms with van der Waals surface area (Å²) in [6.45, 7) is 0. The fraction of sp³-hybridized carbons (Fsp3) is 0.0833. The van der Waals surface area contributed by atoms with Gasteiger partial charge in [-0.15, -0.1) is 0 Å². The van der Waals surface area contributed by atoms with Crippen molar-refractivity contribution >= 4 is 0 Å². The van der Waals surface area contributed by atoms with Gasteiger partial charge in [0, 0.05) is 24.2 Å².